The van der Waals surface area contributed by atoms with Crippen LogP contribution < -0.4 is 5.32 Å². The van der Waals surface area contributed by atoms with Gasteiger partial charge in [-0.3, -0.25) is 4.90 Å². The van der Waals surface area contributed by atoms with Crippen LogP contribution in [0.4, 0.5) is 0 Å². The second-order valence-corrected chi connectivity index (χ2v) is 5.62. The Bertz CT molecular complexity index is 377. The topological polar surface area (TPSA) is 31.6 Å². The van der Waals surface area contributed by atoms with E-state index in [1.54, 1.807) is 0 Å². The van der Waals surface area contributed by atoms with Crippen LogP contribution in [0.2, 0.25) is 0 Å². The van der Waals surface area contributed by atoms with Gasteiger partial charge in [-0.25, -0.2) is 0 Å². The van der Waals surface area contributed by atoms with Crippen LogP contribution in [-0.4, -0.2) is 49.6 Å². The fourth-order valence-electron chi connectivity index (χ4n) is 2.75. The van der Waals surface area contributed by atoms with Crippen molar-refractivity contribution in [2.45, 2.75) is 38.9 Å². The number of likely N-dealkylation sites (N-methyl/N-ethyl adjacent to an activating group) is 2. The summed E-state index contributed by atoms with van der Waals surface area (Å²) in [5.74, 6) is 2.10. The van der Waals surface area contributed by atoms with Gasteiger partial charge in [0.1, 0.15) is 11.5 Å². The lowest BCUT2D eigenvalue weighted by Crippen LogP contribution is -2.36. The van der Waals surface area contributed by atoms with Crippen molar-refractivity contribution >= 4 is 0 Å². The minimum Gasteiger partial charge on any atom is -0.463 e. The molecule has 1 atom stereocenters. The van der Waals surface area contributed by atoms with Crippen LogP contribution >= 0.6 is 0 Å². The van der Waals surface area contributed by atoms with Gasteiger partial charge in [-0.05, 0) is 52.2 Å². The molecule has 4 heteroatoms. The Morgan fingerprint density at radius 3 is 2.89 bits per heavy atom. The molecule has 2 heterocycles. The number of hydrogen-bond acceptors (Lipinski definition) is 4. The van der Waals surface area contributed by atoms with Gasteiger partial charge in [0.2, 0.25) is 0 Å². The smallest absolute Gasteiger partial charge is 0.118 e. The first-order valence-corrected chi connectivity index (χ1v) is 7.36. The molecule has 0 radical (unpaired) electrons. The highest BCUT2D eigenvalue weighted by Crippen LogP contribution is 2.17. The first-order valence-electron chi connectivity index (χ1n) is 7.36. The molecule has 1 aliphatic rings. The van der Waals surface area contributed by atoms with Crippen molar-refractivity contribution in [3.05, 3.63) is 23.7 Å². The van der Waals surface area contributed by atoms with E-state index in [9.17, 15) is 0 Å². The quantitative estimate of drug-likeness (QED) is 0.816. The fourth-order valence-corrected chi connectivity index (χ4v) is 2.75. The van der Waals surface area contributed by atoms with Crippen molar-refractivity contribution in [2.24, 2.45) is 0 Å². The largest absolute Gasteiger partial charge is 0.463 e. The average molecular weight is 265 g/mol. The molecule has 108 valence electrons. The molecular formula is C15H27N3O. The maximum Gasteiger partial charge on any atom is 0.118 e. The standard InChI is InChI=1S/C15H27N3O/c1-4-16-10-14-7-8-15(19-14)12-17(2)11-13-6-5-9-18(13)3/h7-8,13,16H,4-6,9-12H2,1-3H3. The second-order valence-electron chi connectivity index (χ2n) is 5.62. The number of nitrogens with one attached hydrogen (secondary N) is 1. The maximum absolute atomic E-state index is 5.83. The molecule has 1 unspecified atom stereocenters. The molecule has 1 aromatic heterocycles. The molecule has 0 aliphatic carbocycles. The normalized spacial score (nSPS) is 20.5. The van der Waals surface area contributed by atoms with E-state index >= 15 is 0 Å². The number of likely N-dealkylation sites (tertiary alicyclic amines) is 1. The molecule has 1 aromatic rings. The van der Waals surface area contributed by atoms with E-state index < -0.39 is 0 Å². The van der Waals surface area contributed by atoms with E-state index in [1.807, 2.05) is 0 Å². The monoisotopic (exact) mass is 265 g/mol. The summed E-state index contributed by atoms with van der Waals surface area (Å²) in [5, 5.41) is 3.28. The molecule has 0 amide bonds. The van der Waals surface area contributed by atoms with E-state index in [-0.39, 0.29) is 0 Å². The molecule has 0 saturated carbocycles. The third-order valence-corrected chi connectivity index (χ3v) is 3.89. The predicted octanol–water partition coefficient (Wildman–Crippen LogP) is 1.92. The number of rotatable bonds is 7. The SMILES string of the molecule is CCNCc1ccc(CN(C)CC2CCCN2C)o1. The summed E-state index contributed by atoms with van der Waals surface area (Å²) in [6, 6.07) is 4.89. The van der Waals surface area contributed by atoms with Crippen molar-refractivity contribution < 1.29 is 4.42 Å². The minimum atomic E-state index is 0.709. The van der Waals surface area contributed by atoms with Gasteiger partial charge in [0, 0.05) is 12.6 Å². The van der Waals surface area contributed by atoms with Gasteiger partial charge in [0.15, 0.2) is 0 Å². The van der Waals surface area contributed by atoms with E-state index in [1.165, 1.54) is 19.4 Å². The van der Waals surface area contributed by atoms with Crippen LogP contribution in [0.15, 0.2) is 16.5 Å². The molecule has 1 fully saturated rings. The van der Waals surface area contributed by atoms with Crippen molar-refractivity contribution in [1.29, 1.82) is 0 Å². The lowest BCUT2D eigenvalue weighted by Gasteiger charge is -2.25. The number of hydrogen-bond donors (Lipinski definition) is 1. The lowest BCUT2D eigenvalue weighted by atomic mass is 10.2. The maximum atomic E-state index is 5.83. The molecule has 1 aliphatic heterocycles. The molecule has 1 N–H and O–H groups in total. The van der Waals surface area contributed by atoms with Crippen LogP contribution in [-0.2, 0) is 13.1 Å². The fraction of sp³-hybridized carbons (Fsp3) is 0.733. The summed E-state index contributed by atoms with van der Waals surface area (Å²) in [6.07, 6.45) is 2.66. The zero-order valence-electron chi connectivity index (χ0n) is 12.5. The van der Waals surface area contributed by atoms with Gasteiger partial charge in [0.25, 0.3) is 0 Å². The molecule has 0 spiro atoms. The highest BCUT2D eigenvalue weighted by molar-refractivity contribution is 5.07. The molecular weight excluding hydrogens is 238 g/mol. The van der Waals surface area contributed by atoms with E-state index in [4.69, 9.17) is 4.42 Å². The highest BCUT2D eigenvalue weighted by atomic mass is 16.3. The Kier molecular flexibility index (Phi) is 5.43. The Morgan fingerprint density at radius 1 is 1.42 bits per heavy atom. The van der Waals surface area contributed by atoms with E-state index in [0.717, 1.165) is 37.7 Å². The van der Waals surface area contributed by atoms with Gasteiger partial charge in [-0.15, -0.1) is 0 Å². The predicted molar refractivity (Wildman–Crippen MR) is 78.1 cm³/mol. The summed E-state index contributed by atoms with van der Waals surface area (Å²) in [7, 11) is 4.41. The summed E-state index contributed by atoms with van der Waals surface area (Å²) in [6.45, 7) is 7.17. The third kappa shape index (κ3) is 4.34. The van der Waals surface area contributed by atoms with Gasteiger partial charge >= 0.3 is 0 Å². The molecule has 2 rings (SSSR count). The van der Waals surface area contributed by atoms with Crippen molar-refractivity contribution in [3.8, 4) is 0 Å². The molecule has 0 aromatic carbocycles. The molecule has 0 bridgehead atoms. The zero-order valence-corrected chi connectivity index (χ0v) is 12.5. The summed E-state index contributed by atoms with van der Waals surface area (Å²) < 4.78 is 5.83. The van der Waals surface area contributed by atoms with Gasteiger partial charge in [-0.2, -0.15) is 0 Å². The van der Waals surface area contributed by atoms with Gasteiger partial charge < -0.3 is 14.6 Å². The van der Waals surface area contributed by atoms with Crippen molar-refractivity contribution in [2.75, 3.05) is 33.7 Å². The second kappa shape index (κ2) is 7.08. The van der Waals surface area contributed by atoms with Crippen LogP contribution in [0, 0.1) is 0 Å². The summed E-state index contributed by atoms with van der Waals surface area (Å²) >= 11 is 0. The molecule has 1 saturated heterocycles. The number of furan rings is 1. The third-order valence-electron chi connectivity index (χ3n) is 3.89. The van der Waals surface area contributed by atoms with Crippen LogP contribution in [0.25, 0.3) is 0 Å². The summed E-state index contributed by atoms with van der Waals surface area (Å²) in [4.78, 5) is 4.83. The van der Waals surface area contributed by atoms with Crippen molar-refractivity contribution in [1.82, 2.24) is 15.1 Å². The molecule has 19 heavy (non-hydrogen) atoms. The Morgan fingerprint density at radius 2 is 2.21 bits per heavy atom. The first kappa shape index (κ1) is 14.6. The van der Waals surface area contributed by atoms with Crippen molar-refractivity contribution in [3.63, 3.8) is 0 Å². The Balaban J connectivity index is 1.78. The lowest BCUT2D eigenvalue weighted by molar-refractivity contribution is 0.205. The Labute approximate surface area is 116 Å². The minimum absolute atomic E-state index is 0.709. The van der Waals surface area contributed by atoms with E-state index in [0.29, 0.717) is 6.04 Å². The average Bonchev–Trinajstić information content (AvgIpc) is 2.97. The van der Waals surface area contributed by atoms with Gasteiger partial charge in [-0.1, -0.05) is 6.92 Å². The molecule has 4 nitrogen and oxygen atoms in total. The van der Waals surface area contributed by atoms with Crippen LogP contribution in [0.5, 0.6) is 0 Å². The van der Waals surface area contributed by atoms with Crippen LogP contribution in [0.1, 0.15) is 31.3 Å². The summed E-state index contributed by atoms with van der Waals surface area (Å²) in [5.41, 5.74) is 0. The highest BCUT2D eigenvalue weighted by Gasteiger charge is 2.22. The Hall–Kier alpha value is -0.840. The number of nitrogens with zero attached hydrogens (tertiary/aromatic N) is 2. The zero-order chi connectivity index (χ0) is 13.7. The van der Waals surface area contributed by atoms with Gasteiger partial charge in [0.05, 0.1) is 13.1 Å². The van der Waals surface area contributed by atoms with Crippen LogP contribution in [0.3, 0.4) is 0 Å². The van der Waals surface area contributed by atoms with E-state index in [2.05, 4.69) is 48.3 Å². The first-order chi connectivity index (χ1) is 9.19.